The first-order valence-electron chi connectivity index (χ1n) is 9.29. The van der Waals surface area contributed by atoms with Gasteiger partial charge in [-0.1, -0.05) is 26.0 Å². The van der Waals surface area contributed by atoms with Gasteiger partial charge in [-0.3, -0.25) is 0 Å². The Hall–Kier alpha value is -1.55. The molecular formula is C20H31IN4O2S. The second kappa shape index (κ2) is 12.8. The molecule has 28 heavy (non-hydrogen) atoms. The number of halogens is 1. The highest BCUT2D eigenvalue weighted by Crippen LogP contribution is 2.26. The second-order valence-corrected chi connectivity index (χ2v) is 7.38. The molecule has 1 atom stereocenters. The van der Waals surface area contributed by atoms with Gasteiger partial charge in [-0.05, 0) is 26.0 Å². The van der Waals surface area contributed by atoms with Crippen LogP contribution in [0.5, 0.6) is 11.5 Å². The van der Waals surface area contributed by atoms with Crippen LogP contribution in [0.1, 0.15) is 44.3 Å². The zero-order valence-electron chi connectivity index (χ0n) is 17.2. The number of aliphatic imine (C=N–C) groups is 1. The van der Waals surface area contributed by atoms with Crippen LogP contribution < -0.4 is 20.1 Å². The third-order valence-corrected chi connectivity index (χ3v) is 4.96. The van der Waals surface area contributed by atoms with E-state index in [0.29, 0.717) is 19.0 Å². The van der Waals surface area contributed by atoms with Crippen LogP contribution in [0.2, 0.25) is 0 Å². The van der Waals surface area contributed by atoms with Crippen LogP contribution in [0.3, 0.4) is 0 Å². The Morgan fingerprint density at radius 3 is 2.50 bits per heavy atom. The zero-order chi connectivity index (χ0) is 19.6. The number of para-hydroxylation sites is 2. The van der Waals surface area contributed by atoms with Crippen LogP contribution in [0, 0.1) is 0 Å². The van der Waals surface area contributed by atoms with Crippen LogP contribution in [-0.4, -0.2) is 37.2 Å². The van der Waals surface area contributed by atoms with E-state index < -0.39 is 0 Å². The maximum Gasteiger partial charge on any atom is 0.191 e. The SMILES string of the molecule is CCNC(=NCc1csc(C(C)C)n1)NCC(C)Oc1ccccc1OC.I. The Morgan fingerprint density at radius 2 is 1.89 bits per heavy atom. The van der Waals surface area contributed by atoms with Crippen molar-refractivity contribution in [3.63, 3.8) is 0 Å². The average molecular weight is 518 g/mol. The summed E-state index contributed by atoms with van der Waals surface area (Å²) in [6.45, 7) is 10.3. The number of hydrogen-bond donors (Lipinski definition) is 2. The van der Waals surface area contributed by atoms with Crippen molar-refractivity contribution in [3.8, 4) is 11.5 Å². The lowest BCUT2D eigenvalue weighted by Crippen LogP contribution is -2.41. The van der Waals surface area contributed by atoms with Crippen molar-refractivity contribution in [3.05, 3.63) is 40.3 Å². The van der Waals surface area contributed by atoms with Crippen molar-refractivity contribution in [2.45, 2.75) is 46.3 Å². The van der Waals surface area contributed by atoms with Gasteiger partial charge in [0.15, 0.2) is 17.5 Å². The molecule has 0 saturated heterocycles. The normalized spacial score (nSPS) is 12.3. The van der Waals surface area contributed by atoms with E-state index in [4.69, 9.17) is 9.47 Å². The summed E-state index contributed by atoms with van der Waals surface area (Å²) in [5, 5.41) is 9.81. The van der Waals surface area contributed by atoms with Crippen molar-refractivity contribution >= 4 is 41.3 Å². The number of methoxy groups -OCH3 is 1. The van der Waals surface area contributed by atoms with E-state index in [1.54, 1.807) is 18.4 Å². The minimum absolute atomic E-state index is 0. The van der Waals surface area contributed by atoms with Crippen molar-refractivity contribution in [2.24, 2.45) is 4.99 Å². The van der Waals surface area contributed by atoms with Crippen molar-refractivity contribution in [2.75, 3.05) is 20.2 Å². The number of nitrogens with one attached hydrogen (secondary N) is 2. The summed E-state index contributed by atoms with van der Waals surface area (Å²) in [5.74, 6) is 2.67. The van der Waals surface area contributed by atoms with Gasteiger partial charge in [-0.15, -0.1) is 35.3 Å². The predicted octanol–water partition coefficient (Wildman–Crippen LogP) is 4.42. The molecule has 1 heterocycles. The Morgan fingerprint density at radius 1 is 1.18 bits per heavy atom. The summed E-state index contributed by atoms with van der Waals surface area (Å²) in [7, 11) is 1.64. The molecule has 0 aliphatic carbocycles. The summed E-state index contributed by atoms with van der Waals surface area (Å²) < 4.78 is 11.3. The van der Waals surface area contributed by atoms with E-state index >= 15 is 0 Å². The zero-order valence-corrected chi connectivity index (χ0v) is 20.3. The van der Waals surface area contributed by atoms with Gasteiger partial charge in [0.2, 0.25) is 0 Å². The van der Waals surface area contributed by atoms with Gasteiger partial charge < -0.3 is 20.1 Å². The summed E-state index contributed by atoms with van der Waals surface area (Å²) in [5.41, 5.74) is 0.999. The Labute approximate surface area is 189 Å². The van der Waals surface area contributed by atoms with Gasteiger partial charge in [-0.25, -0.2) is 9.98 Å². The topological polar surface area (TPSA) is 67.8 Å². The smallest absolute Gasteiger partial charge is 0.191 e. The highest BCUT2D eigenvalue weighted by Gasteiger charge is 2.10. The molecule has 0 fully saturated rings. The fourth-order valence-corrected chi connectivity index (χ4v) is 3.20. The quantitative estimate of drug-likeness (QED) is 0.293. The predicted molar refractivity (Wildman–Crippen MR) is 128 cm³/mol. The molecule has 2 rings (SSSR count). The molecule has 0 spiro atoms. The van der Waals surface area contributed by atoms with Crippen LogP contribution >= 0.6 is 35.3 Å². The van der Waals surface area contributed by atoms with E-state index in [2.05, 4.69) is 39.8 Å². The molecule has 0 aliphatic heterocycles. The van der Waals surface area contributed by atoms with E-state index in [0.717, 1.165) is 34.7 Å². The number of guanidine groups is 1. The van der Waals surface area contributed by atoms with Crippen LogP contribution in [0.25, 0.3) is 0 Å². The first-order valence-corrected chi connectivity index (χ1v) is 10.2. The summed E-state index contributed by atoms with van der Waals surface area (Å²) in [6, 6.07) is 7.65. The molecule has 0 aliphatic rings. The van der Waals surface area contributed by atoms with Crippen LogP contribution in [0.15, 0.2) is 34.6 Å². The number of nitrogens with zero attached hydrogens (tertiary/aromatic N) is 2. The number of ether oxygens (including phenoxy) is 2. The lowest BCUT2D eigenvalue weighted by molar-refractivity contribution is 0.213. The maximum atomic E-state index is 5.98. The monoisotopic (exact) mass is 518 g/mol. The Bertz CT molecular complexity index is 737. The largest absolute Gasteiger partial charge is 0.493 e. The highest BCUT2D eigenvalue weighted by molar-refractivity contribution is 14.0. The second-order valence-electron chi connectivity index (χ2n) is 6.49. The number of thiazole rings is 1. The first-order chi connectivity index (χ1) is 13.0. The molecule has 0 saturated carbocycles. The van der Waals surface area contributed by atoms with Gasteiger partial charge in [0, 0.05) is 17.8 Å². The molecule has 1 unspecified atom stereocenters. The summed E-state index contributed by atoms with van der Waals surface area (Å²) in [6.07, 6.45) is -0.0445. The molecule has 6 nitrogen and oxygen atoms in total. The molecule has 2 N–H and O–H groups in total. The minimum Gasteiger partial charge on any atom is -0.493 e. The number of rotatable bonds is 9. The van der Waals surface area contributed by atoms with Gasteiger partial charge in [0.25, 0.3) is 0 Å². The number of benzene rings is 1. The summed E-state index contributed by atoms with van der Waals surface area (Å²) in [4.78, 5) is 9.26. The first kappa shape index (κ1) is 24.5. The highest BCUT2D eigenvalue weighted by atomic mass is 127. The third-order valence-electron chi connectivity index (χ3n) is 3.76. The van der Waals surface area contributed by atoms with Crippen LogP contribution in [-0.2, 0) is 6.54 Å². The molecule has 1 aromatic heterocycles. The average Bonchev–Trinajstić information content (AvgIpc) is 3.14. The fourth-order valence-electron chi connectivity index (χ4n) is 2.38. The van der Waals surface area contributed by atoms with Crippen molar-refractivity contribution < 1.29 is 9.47 Å². The fraction of sp³-hybridized carbons (Fsp3) is 0.500. The van der Waals surface area contributed by atoms with Gasteiger partial charge in [0.1, 0.15) is 6.10 Å². The van der Waals surface area contributed by atoms with E-state index in [9.17, 15) is 0 Å². The molecule has 1 aromatic carbocycles. The number of aromatic nitrogens is 1. The molecule has 2 aromatic rings. The molecule has 8 heteroatoms. The molecule has 156 valence electrons. The lowest BCUT2D eigenvalue weighted by Gasteiger charge is -2.19. The standard InChI is InChI=1S/C20H30N4O2S.HI/c1-6-21-20(23-12-16-13-27-19(24-16)14(2)3)22-11-15(4)26-18-10-8-7-9-17(18)25-5;/h7-10,13-15H,6,11-12H2,1-5H3,(H2,21,22,23);1H. The maximum absolute atomic E-state index is 5.98. The van der Waals surface area contributed by atoms with Crippen molar-refractivity contribution in [1.29, 1.82) is 0 Å². The Balaban J connectivity index is 0.00000392. The van der Waals surface area contributed by atoms with Gasteiger partial charge in [-0.2, -0.15) is 0 Å². The lowest BCUT2D eigenvalue weighted by atomic mass is 10.2. The van der Waals surface area contributed by atoms with Gasteiger partial charge >= 0.3 is 0 Å². The molecule has 0 amide bonds. The van der Waals surface area contributed by atoms with Crippen molar-refractivity contribution in [1.82, 2.24) is 15.6 Å². The third kappa shape index (κ3) is 7.83. The Kier molecular flexibility index (Phi) is 11.2. The molecule has 0 radical (unpaired) electrons. The van der Waals surface area contributed by atoms with E-state index in [-0.39, 0.29) is 30.1 Å². The van der Waals surface area contributed by atoms with E-state index in [1.807, 2.05) is 38.1 Å². The van der Waals surface area contributed by atoms with Crippen LogP contribution in [0.4, 0.5) is 0 Å². The summed E-state index contributed by atoms with van der Waals surface area (Å²) >= 11 is 1.69. The minimum atomic E-state index is -0.0445. The van der Waals surface area contributed by atoms with E-state index in [1.165, 1.54) is 0 Å². The number of hydrogen-bond acceptors (Lipinski definition) is 5. The molecule has 0 bridgehead atoms. The van der Waals surface area contributed by atoms with Gasteiger partial charge in [0.05, 0.1) is 30.9 Å². The molecular weight excluding hydrogens is 487 g/mol.